The first kappa shape index (κ1) is 45.6. The molecule has 0 spiro atoms. The third-order valence-corrected chi connectivity index (χ3v) is 2.76. The van der Waals surface area contributed by atoms with Crippen molar-refractivity contribution in [2.75, 3.05) is 0 Å². The van der Waals surface area contributed by atoms with Crippen LogP contribution in [0.5, 0.6) is 0 Å². The lowest BCUT2D eigenvalue weighted by Crippen LogP contribution is -1.85. The van der Waals surface area contributed by atoms with Crippen LogP contribution >= 0.6 is 37.2 Å². The van der Waals surface area contributed by atoms with Crippen molar-refractivity contribution in [2.24, 2.45) is 0 Å². The summed E-state index contributed by atoms with van der Waals surface area (Å²) in [4.78, 5) is 0. The van der Waals surface area contributed by atoms with Gasteiger partial charge in [0.15, 0.2) is 0 Å². The van der Waals surface area contributed by atoms with Gasteiger partial charge in [-0.1, -0.05) is 180 Å². The normalized spacial score (nSPS) is 6.61. The van der Waals surface area contributed by atoms with Crippen LogP contribution in [-0.4, -0.2) is 0 Å². The molecule has 0 fully saturated rings. The summed E-state index contributed by atoms with van der Waals surface area (Å²) in [6.07, 6.45) is 1.03. The van der Waals surface area contributed by atoms with Gasteiger partial charge < -0.3 is 0 Å². The molecule has 192 valence electrons. The fourth-order valence-electron chi connectivity index (χ4n) is 1.81. The van der Waals surface area contributed by atoms with Crippen molar-refractivity contribution in [2.45, 2.75) is 89.5 Å². The van der Waals surface area contributed by atoms with E-state index in [1.807, 2.05) is 119 Å². The molecule has 0 bridgehead atoms. The highest BCUT2D eigenvalue weighted by atomic mass is 128. The molecular formula is C31H54I2. The van der Waals surface area contributed by atoms with Crippen LogP contribution < -0.4 is 0 Å². The van der Waals surface area contributed by atoms with Crippen molar-refractivity contribution in [1.29, 1.82) is 0 Å². The number of hydrogen-bond acceptors (Lipinski definition) is 0. The number of hydrogen-bond donors (Lipinski definition) is 0. The Morgan fingerprint density at radius 1 is 0.333 bits per heavy atom. The topological polar surface area (TPSA) is 0 Å². The predicted octanol–water partition coefficient (Wildman–Crippen LogP) is 12.9. The minimum atomic E-state index is 1.03. The maximum absolute atomic E-state index is 2.16. The van der Waals surface area contributed by atoms with E-state index in [4.69, 9.17) is 0 Å². The molecule has 0 aromatic heterocycles. The summed E-state index contributed by atoms with van der Waals surface area (Å²) in [6, 6.07) is 33.1. The summed E-state index contributed by atoms with van der Waals surface area (Å²) in [5, 5.41) is 0. The molecule has 0 amide bonds. The second-order valence-electron chi connectivity index (χ2n) is 4.30. The monoisotopic (exact) mass is 680 g/mol. The largest absolute Gasteiger partial charge is 0.0683 e. The summed E-state index contributed by atoms with van der Waals surface area (Å²) < 4.78 is 0. The molecule has 0 nitrogen and oxygen atoms in total. The molecule has 2 heteroatoms. The van der Waals surface area contributed by atoms with Gasteiger partial charge in [0.2, 0.25) is 0 Å². The smallest absolute Gasteiger partial charge is 0 e. The van der Waals surface area contributed by atoms with Gasteiger partial charge in [0, 0.05) is 37.2 Å². The molecule has 33 heavy (non-hydrogen) atoms. The van der Waals surface area contributed by atoms with E-state index in [9.17, 15) is 0 Å². The maximum atomic E-state index is 2.16. The number of rotatable bonds is 2. The zero-order valence-corrected chi connectivity index (χ0v) is 28.0. The quantitative estimate of drug-likeness (QED) is 0.236. The molecule has 0 heterocycles. The van der Waals surface area contributed by atoms with Gasteiger partial charge in [-0.3, -0.25) is 0 Å². The van der Waals surface area contributed by atoms with E-state index in [0.29, 0.717) is 0 Å². The first-order valence-corrected chi connectivity index (χ1v) is 19.0. The second-order valence-corrected chi connectivity index (χ2v) is 4.30. The molecule has 0 N–H and O–H groups in total. The molecule has 3 rings (SSSR count). The van der Waals surface area contributed by atoms with Crippen molar-refractivity contribution in [3.63, 3.8) is 0 Å². The highest BCUT2D eigenvalue weighted by Crippen LogP contribution is 2.07. The standard InChI is InChI=1S/C13H12.C6H6.6C2H6.I2/c1-3-7-12(8-4-1)11-13-9-5-2-6-10-13;1-2-4-6-5-3-1;7*1-2/h1-10H,11H2;1-6H;6*1-2H3;. The molecule has 0 aliphatic carbocycles. The minimum Gasteiger partial charge on any atom is -0.0683 e. The zero-order chi connectivity index (χ0) is 27.2. The Hall–Kier alpha value is -0.880. The SMILES string of the molecule is CC.CC.CC.CC.CC.CC.II.c1ccc(Cc2ccccc2)cc1.c1ccccc1. The Morgan fingerprint density at radius 3 is 0.667 bits per heavy atom. The van der Waals surface area contributed by atoms with Gasteiger partial charge in [-0.05, 0) is 17.5 Å². The van der Waals surface area contributed by atoms with Crippen molar-refractivity contribution in [3.05, 3.63) is 108 Å². The third-order valence-electron chi connectivity index (χ3n) is 2.76. The van der Waals surface area contributed by atoms with Crippen molar-refractivity contribution in [3.8, 4) is 0 Å². The molecule has 3 aromatic carbocycles. The Morgan fingerprint density at radius 2 is 0.485 bits per heavy atom. The van der Waals surface area contributed by atoms with Crippen LogP contribution in [0, 0.1) is 0 Å². The first-order valence-electron chi connectivity index (χ1n) is 12.7. The van der Waals surface area contributed by atoms with Gasteiger partial charge in [0.25, 0.3) is 0 Å². The first-order chi connectivity index (χ1) is 16.4. The lowest BCUT2D eigenvalue weighted by Gasteiger charge is -2.00. The van der Waals surface area contributed by atoms with E-state index < -0.39 is 0 Å². The van der Waals surface area contributed by atoms with Crippen LogP contribution in [0.4, 0.5) is 0 Å². The summed E-state index contributed by atoms with van der Waals surface area (Å²) in [6.45, 7) is 24.0. The van der Waals surface area contributed by atoms with Crippen LogP contribution in [0.25, 0.3) is 0 Å². The highest BCUT2D eigenvalue weighted by molar-refractivity contribution is 15.0. The Kier molecular flexibility index (Phi) is 79.7. The second kappa shape index (κ2) is 57.7. The minimum absolute atomic E-state index is 1.03. The lowest BCUT2D eigenvalue weighted by molar-refractivity contribution is 1.19. The molecule has 0 saturated heterocycles. The number of benzene rings is 3. The van der Waals surface area contributed by atoms with Crippen LogP contribution in [0.15, 0.2) is 97.1 Å². The Bertz CT molecular complexity index is 488. The van der Waals surface area contributed by atoms with Gasteiger partial charge in [-0.15, -0.1) is 0 Å². The van der Waals surface area contributed by atoms with Crippen LogP contribution in [0.3, 0.4) is 0 Å². The average Bonchev–Trinajstić information content (AvgIpc) is 2.99. The van der Waals surface area contributed by atoms with Crippen molar-refractivity contribution in [1.82, 2.24) is 0 Å². The van der Waals surface area contributed by atoms with Gasteiger partial charge >= 0.3 is 0 Å². The van der Waals surface area contributed by atoms with Gasteiger partial charge in [-0.2, -0.15) is 0 Å². The fraction of sp³-hybridized carbons (Fsp3) is 0.419. The van der Waals surface area contributed by atoms with E-state index in [1.165, 1.54) is 11.1 Å². The fourth-order valence-corrected chi connectivity index (χ4v) is 1.81. The van der Waals surface area contributed by atoms with Crippen LogP contribution in [-0.2, 0) is 6.42 Å². The summed E-state index contributed by atoms with van der Waals surface area (Å²) in [7, 11) is 0. The zero-order valence-electron chi connectivity index (χ0n) is 23.7. The summed E-state index contributed by atoms with van der Waals surface area (Å²) in [5.41, 5.74) is 2.74. The Labute approximate surface area is 233 Å². The summed E-state index contributed by atoms with van der Waals surface area (Å²) >= 11 is 4.24. The highest BCUT2D eigenvalue weighted by Gasteiger charge is 1.92. The van der Waals surface area contributed by atoms with Gasteiger partial charge in [-0.25, -0.2) is 0 Å². The van der Waals surface area contributed by atoms with E-state index >= 15 is 0 Å². The van der Waals surface area contributed by atoms with Crippen LogP contribution in [0.2, 0.25) is 0 Å². The van der Waals surface area contributed by atoms with Crippen molar-refractivity contribution < 1.29 is 0 Å². The molecule has 0 aliphatic rings. The predicted molar refractivity (Wildman–Crippen MR) is 178 cm³/mol. The molecule has 0 saturated carbocycles. The molecule has 3 aromatic rings. The van der Waals surface area contributed by atoms with Crippen LogP contribution in [0.1, 0.15) is 94.2 Å². The third kappa shape index (κ3) is 41.8. The summed E-state index contributed by atoms with van der Waals surface area (Å²) in [5.74, 6) is 0. The van der Waals surface area contributed by atoms with Crippen molar-refractivity contribution >= 4 is 37.2 Å². The van der Waals surface area contributed by atoms with Gasteiger partial charge in [0.05, 0.1) is 0 Å². The van der Waals surface area contributed by atoms with E-state index in [0.717, 1.165) is 6.42 Å². The lowest BCUT2D eigenvalue weighted by atomic mass is 10.1. The maximum Gasteiger partial charge on any atom is 0 e. The van der Waals surface area contributed by atoms with E-state index in [2.05, 4.69) is 97.9 Å². The molecule has 0 unspecified atom stereocenters. The van der Waals surface area contributed by atoms with E-state index in [1.54, 1.807) is 0 Å². The molecular weight excluding hydrogens is 626 g/mol. The van der Waals surface area contributed by atoms with Gasteiger partial charge in [0.1, 0.15) is 0 Å². The molecule has 0 atom stereocenters. The molecule has 0 aliphatic heterocycles. The number of halogens is 2. The molecule has 0 radical (unpaired) electrons. The van der Waals surface area contributed by atoms with E-state index in [-0.39, 0.29) is 0 Å². The average molecular weight is 681 g/mol. The Balaban J connectivity index is -0.0000000775.